The molecule has 1 fully saturated rings. The first-order valence-electron chi connectivity index (χ1n) is 7.36. The van der Waals surface area contributed by atoms with E-state index in [9.17, 15) is 8.78 Å². The Kier molecular flexibility index (Phi) is 5.11. The topological polar surface area (TPSA) is 21.3 Å². The Hall–Kier alpha value is -1.00. The maximum Gasteiger partial charge on any atom is 0.159 e. The fourth-order valence-electron chi connectivity index (χ4n) is 3.31. The van der Waals surface area contributed by atoms with Crippen LogP contribution in [0.15, 0.2) is 18.2 Å². The van der Waals surface area contributed by atoms with Crippen molar-refractivity contribution in [2.75, 3.05) is 13.7 Å². The largest absolute Gasteiger partial charge is 0.374 e. The molecule has 0 heterocycles. The normalized spacial score (nSPS) is 19.2. The van der Waals surface area contributed by atoms with Gasteiger partial charge in [-0.25, -0.2) is 8.78 Å². The zero-order chi connectivity index (χ0) is 14.6. The summed E-state index contributed by atoms with van der Waals surface area (Å²) >= 11 is 0. The summed E-state index contributed by atoms with van der Waals surface area (Å²) in [4.78, 5) is 0. The Bertz CT molecular complexity index is 444. The van der Waals surface area contributed by atoms with E-state index in [4.69, 9.17) is 4.74 Å². The summed E-state index contributed by atoms with van der Waals surface area (Å²) in [5.74, 6) is -1.58. The number of likely N-dealkylation sites (N-methyl/N-ethyl adjacent to an activating group) is 1. The first-order chi connectivity index (χ1) is 9.61. The van der Waals surface area contributed by atoms with Gasteiger partial charge in [0, 0.05) is 12.6 Å². The second kappa shape index (κ2) is 6.64. The van der Waals surface area contributed by atoms with Crippen LogP contribution in [-0.2, 0) is 11.2 Å². The number of nitrogens with one attached hydrogen (secondary N) is 1. The molecule has 1 aromatic carbocycles. The Labute approximate surface area is 119 Å². The van der Waals surface area contributed by atoms with E-state index >= 15 is 0 Å². The zero-order valence-electron chi connectivity index (χ0n) is 12.2. The van der Waals surface area contributed by atoms with Crippen molar-refractivity contribution >= 4 is 0 Å². The molecule has 0 saturated heterocycles. The number of hydrogen-bond donors (Lipinski definition) is 1. The molecule has 1 aromatic rings. The van der Waals surface area contributed by atoms with E-state index in [0.29, 0.717) is 13.0 Å². The highest BCUT2D eigenvalue weighted by atomic mass is 19.2. The number of hydrogen-bond acceptors (Lipinski definition) is 2. The molecule has 1 saturated carbocycles. The van der Waals surface area contributed by atoms with Crippen LogP contribution in [0.25, 0.3) is 0 Å². The lowest BCUT2D eigenvalue weighted by atomic mass is 9.87. The fourth-order valence-corrected chi connectivity index (χ4v) is 3.31. The van der Waals surface area contributed by atoms with Gasteiger partial charge in [-0.05, 0) is 50.9 Å². The van der Waals surface area contributed by atoms with Crippen molar-refractivity contribution < 1.29 is 13.5 Å². The monoisotopic (exact) mass is 283 g/mol. The maximum atomic E-state index is 13.3. The highest BCUT2D eigenvalue weighted by Gasteiger charge is 2.41. The van der Waals surface area contributed by atoms with Crippen LogP contribution in [0.4, 0.5) is 8.78 Å². The predicted octanol–water partition coefficient (Wildman–Crippen LogP) is 3.44. The van der Waals surface area contributed by atoms with Crippen molar-refractivity contribution in [1.82, 2.24) is 5.32 Å². The van der Waals surface area contributed by atoms with Crippen LogP contribution in [0.5, 0.6) is 0 Å². The molecule has 2 nitrogen and oxygen atoms in total. The van der Waals surface area contributed by atoms with Gasteiger partial charge in [0.15, 0.2) is 11.6 Å². The molecule has 112 valence electrons. The molecule has 1 aliphatic carbocycles. The maximum absolute atomic E-state index is 13.3. The summed E-state index contributed by atoms with van der Waals surface area (Å²) in [5.41, 5.74) is 0.628. The van der Waals surface area contributed by atoms with Crippen molar-refractivity contribution in [1.29, 1.82) is 0 Å². The molecule has 20 heavy (non-hydrogen) atoms. The van der Waals surface area contributed by atoms with Crippen LogP contribution in [0.1, 0.15) is 38.2 Å². The standard InChI is InChI=1S/C16H23F2NO/c1-3-20-16(8-4-5-9-16)15(19-2)11-12-6-7-13(17)14(18)10-12/h6-7,10,15,19H,3-5,8-9,11H2,1-2H3. The van der Waals surface area contributed by atoms with E-state index < -0.39 is 11.6 Å². The molecular formula is C16H23F2NO. The quantitative estimate of drug-likeness (QED) is 0.863. The molecule has 0 spiro atoms. The summed E-state index contributed by atoms with van der Waals surface area (Å²) in [5, 5.41) is 3.31. The number of ether oxygens (including phenoxy) is 1. The minimum atomic E-state index is -0.796. The third-order valence-corrected chi connectivity index (χ3v) is 4.29. The number of halogens is 2. The summed E-state index contributed by atoms with van der Waals surface area (Å²) in [6, 6.07) is 4.25. The van der Waals surface area contributed by atoms with Crippen LogP contribution < -0.4 is 5.32 Å². The molecule has 1 unspecified atom stereocenters. The van der Waals surface area contributed by atoms with Gasteiger partial charge in [-0.2, -0.15) is 0 Å². The predicted molar refractivity (Wildman–Crippen MR) is 75.7 cm³/mol. The van der Waals surface area contributed by atoms with Gasteiger partial charge in [0.05, 0.1) is 5.60 Å². The van der Waals surface area contributed by atoms with E-state index in [1.54, 1.807) is 6.07 Å². The van der Waals surface area contributed by atoms with Gasteiger partial charge in [0.1, 0.15) is 0 Å². The van der Waals surface area contributed by atoms with Crippen LogP contribution >= 0.6 is 0 Å². The molecule has 0 aromatic heterocycles. The van der Waals surface area contributed by atoms with Gasteiger partial charge in [-0.15, -0.1) is 0 Å². The zero-order valence-corrected chi connectivity index (χ0v) is 12.2. The van der Waals surface area contributed by atoms with Gasteiger partial charge in [-0.3, -0.25) is 0 Å². The fraction of sp³-hybridized carbons (Fsp3) is 0.625. The number of rotatable bonds is 6. The number of benzene rings is 1. The van der Waals surface area contributed by atoms with E-state index in [-0.39, 0.29) is 11.6 Å². The average molecular weight is 283 g/mol. The average Bonchev–Trinajstić information content (AvgIpc) is 2.90. The van der Waals surface area contributed by atoms with Gasteiger partial charge >= 0.3 is 0 Å². The van der Waals surface area contributed by atoms with E-state index in [0.717, 1.165) is 31.2 Å². The van der Waals surface area contributed by atoms with Crippen molar-refractivity contribution in [2.45, 2.75) is 50.7 Å². The summed E-state index contributed by atoms with van der Waals surface area (Å²) in [7, 11) is 1.91. The minimum Gasteiger partial charge on any atom is -0.374 e. The summed E-state index contributed by atoms with van der Waals surface area (Å²) in [6.45, 7) is 2.68. The molecule has 1 N–H and O–H groups in total. The van der Waals surface area contributed by atoms with E-state index in [2.05, 4.69) is 5.32 Å². The SMILES string of the molecule is CCOC1(C(Cc2ccc(F)c(F)c2)NC)CCCC1. The molecule has 0 aliphatic heterocycles. The van der Waals surface area contributed by atoms with Gasteiger partial charge in [0.25, 0.3) is 0 Å². The lowest BCUT2D eigenvalue weighted by Gasteiger charge is -2.37. The van der Waals surface area contributed by atoms with Crippen LogP contribution in [-0.4, -0.2) is 25.3 Å². The van der Waals surface area contributed by atoms with Crippen LogP contribution in [0, 0.1) is 11.6 Å². The molecule has 0 bridgehead atoms. The summed E-state index contributed by atoms with van der Waals surface area (Å²) in [6.07, 6.45) is 5.02. The second-order valence-electron chi connectivity index (χ2n) is 5.50. The Morgan fingerprint density at radius 1 is 1.25 bits per heavy atom. The van der Waals surface area contributed by atoms with Crippen LogP contribution in [0.2, 0.25) is 0 Å². The van der Waals surface area contributed by atoms with Gasteiger partial charge in [0.2, 0.25) is 0 Å². The third-order valence-electron chi connectivity index (χ3n) is 4.29. The minimum absolute atomic E-state index is 0.120. The molecule has 0 amide bonds. The first-order valence-corrected chi connectivity index (χ1v) is 7.36. The Morgan fingerprint density at radius 2 is 1.95 bits per heavy atom. The molecular weight excluding hydrogens is 260 g/mol. The van der Waals surface area contributed by atoms with Crippen LogP contribution in [0.3, 0.4) is 0 Å². The summed E-state index contributed by atoms with van der Waals surface area (Å²) < 4.78 is 32.4. The molecule has 4 heteroatoms. The first kappa shape index (κ1) is 15.4. The highest BCUT2D eigenvalue weighted by molar-refractivity contribution is 5.20. The third kappa shape index (κ3) is 3.18. The lowest BCUT2D eigenvalue weighted by Crippen LogP contribution is -2.51. The highest BCUT2D eigenvalue weighted by Crippen LogP contribution is 2.37. The molecule has 1 atom stereocenters. The lowest BCUT2D eigenvalue weighted by molar-refractivity contribution is -0.0597. The van der Waals surface area contributed by atoms with Crippen molar-refractivity contribution in [3.63, 3.8) is 0 Å². The second-order valence-corrected chi connectivity index (χ2v) is 5.50. The Morgan fingerprint density at radius 3 is 2.50 bits per heavy atom. The van der Waals surface area contributed by atoms with Gasteiger partial charge in [-0.1, -0.05) is 18.9 Å². The van der Waals surface area contributed by atoms with E-state index in [1.165, 1.54) is 12.1 Å². The van der Waals surface area contributed by atoms with Crippen molar-refractivity contribution in [3.05, 3.63) is 35.4 Å². The van der Waals surface area contributed by atoms with Gasteiger partial charge < -0.3 is 10.1 Å². The Balaban J connectivity index is 2.16. The smallest absolute Gasteiger partial charge is 0.159 e. The van der Waals surface area contributed by atoms with E-state index in [1.807, 2.05) is 14.0 Å². The van der Waals surface area contributed by atoms with Crippen molar-refractivity contribution in [3.8, 4) is 0 Å². The molecule has 2 rings (SSSR count). The molecule has 1 aliphatic rings. The molecule has 0 radical (unpaired) electrons. The van der Waals surface area contributed by atoms with Crippen molar-refractivity contribution in [2.24, 2.45) is 0 Å².